The van der Waals surface area contributed by atoms with Crippen molar-refractivity contribution in [2.75, 3.05) is 6.61 Å². The fraction of sp³-hybridized carbons (Fsp3) is 0.267. The van der Waals surface area contributed by atoms with Crippen LogP contribution in [0.15, 0.2) is 27.8 Å². The number of hydrogen-bond donors (Lipinski definition) is 1. The normalized spacial score (nSPS) is 11.5. The molecule has 2 rings (SSSR count). The zero-order valence-electron chi connectivity index (χ0n) is 13.9. The van der Waals surface area contributed by atoms with Crippen molar-refractivity contribution in [3.8, 4) is 5.69 Å². The SMILES string of the molecule is CCONC(=S)c1cc(-n2c(=O)cc(C(F)(F)F)n(C)c2=O)c(F)cc1Cl. The minimum Gasteiger partial charge on any atom is -0.292 e. The van der Waals surface area contributed by atoms with E-state index in [2.05, 4.69) is 5.48 Å². The highest BCUT2D eigenvalue weighted by Gasteiger charge is 2.35. The first-order valence-corrected chi connectivity index (χ1v) is 8.09. The monoisotopic (exact) mass is 425 g/mol. The van der Waals surface area contributed by atoms with Crippen LogP contribution in [0.4, 0.5) is 17.6 Å². The van der Waals surface area contributed by atoms with Crippen LogP contribution < -0.4 is 16.7 Å². The fourth-order valence-corrected chi connectivity index (χ4v) is 2.72. The minimum atomic E-state index is -4.93. The first kappa shape index (κ1) is 21.1. The van der Waals surface area contributed by atoms with Gasteiger partial charge in [-0.05, 0) is 19.1 Å². The lowest BCUT2D eigenvalue weighted by Gasteiger charge is -2.15. The molecule has 1 N–H and O–H groups in total. The molecule has 1 heterocycles. The van der Waals surface area contributed by atoms with Crippen molar-refractivity contribution in [1.29, 1.82) is 0 Å². The number of nitrogens with one attached hydrogen (secondary N) is 1. The van der Waals surface area contributed by atoms with Crippen LogP contribution in [0.1, 0.15) is 18.2 Å². The molecule has 0 radical (unpaired) electrons. The van der Waals surface area contributed by atoms with Gasteiger partial charge in [0.2, 0.25) is 0 Å². The number of alkyl halides is 3. The highest BCUT2D eigenvalue weighted by Crippen LogP contribution is 2.27. The molecule has 0 atom stereocenters. The minimum absolute atomic E-state index is 0.0189. The maximum atomic E-state index is 14.3. The van der Waals surface area contributed by atoms with Crippen molar-refractivity contribution >= 4 is 28.8 Å². The van der Waals surface area contributed by atoms with Gasteiger partial charge in [0.15, 0.2) is 0 Å². The Labute approximate surface area is 159 Å². The number of halogens is 5. The smallest absolute Gasteiger partial charge is 0.292 e. The predicted octanol–water partition coefficient (Wildman–Crippen LogP) is 2.56. The highest BCUT2D eigenvalue weighted by atomic mass is 35.5. The lowest BCUT2D eigenvalue weighted by atomic mass is 10.2. The molecule has 0 aliphatic rings. The van der Waals surface area contributed by atoms with Crippen molar-refractivity contribution in [2.24, 2.45) is 7.05 Å². The number of benzene rings is 1. The van der Waals surface area contributed by atoms with Gasteiger partial charge >= 0.3 is 11.9 Å². The Bertz CT molecular complexity index is 1020. The van der Waals surface area contributed by atoms with E-state index < -0.39 is 34.6 Å². The van der Waals surface area contributed by atoms with E-state index in [-0.39, 0.29) is 37.4 Å². The van der Waals surface area contributed by atoms with Gasteiger partial charge in [0.25, 0.3) is 5.56 Å². The Morgan fingerprint density at radius 2 is 1.93 bits per heavy atom. The van der Waals surface area contributed by atoms with Gasteiger partial charge in [-0.25, -0.2) is 13.8 Å². The second-order valence-corrected chi connectivity index (χ2v) is 6.01. The molecule has 12 heteroatoms. The number of hydroxylamine groups is 1. The zero-order chi connectivity index (χ0) is 20.5. The average molecular weight is 426 g/mol. The quantitative estimate of drug-likeness (QED) is 0.463. The van der Waals surface area contributed by atoms with Crippen LogP contribution in [0.2, 0.25) is 5.02 Å². The Morgan fingerprint density at radius 3 is 2.48 bits per heavy atom. The van der Waals surface area contributed by atoms with E-state index in [4.69, 9.17) is 28.7 Å². The van der Waals surface area contributed by atoms with E-state index in [9.17, 15) is 27.2 Å². The first-order valence-electron chi connectivity index (χ1n) is 7.30. The van der Waals surface area contributed by atoms with E-state index in [1.807, 2.05) is 0 Å². The maximum Gasteiger partial charge on any atom is 0.431 e. The average Bonchev–Trinajstić information content (AvgIpc) is 2.56. The highest BCUT2D eigenvalue weighted by molar-refractivity contribution is 7.80. The summed E-state index contributed by atoms with van der Waals surface area (Å²) in [7, 11) is 0.817. The van der Waals surface area contributed by atoms with Crippen LogP contribution in [0.25, 0.3) is 5.69 Å². The van der Waals surface area contributed by atoms with Crippen LogP contribution >= 0.6 is 23.8 Å². The summed E-state index contributed by atoms with van der Waals surface area (Å²) in [6.07, 6.45) is -4.93. The van der Waals surface area contributed by atoms with Gasteiger partial charge < -0.3 is 0 Å². The number of nitrogens with zero attached hydrogens (tertiary/aromatic N) is 2. The molecule has 27 heavy (non-hydrogen) atoms. The van der Waals surface area contributed by atoms with Gasteiger partial charge in [-0.1, -0.05) is 23.8 Å². The Hall–Kier alpha value is -2.24. The van der Waals surface area contributed by atoms with Crippen molar-refractivity contribution in [3.63, 3.8) is 0 Å². The molecule has 0 bridgehead atoms. The van der Waals surface area contributed by atoms with Gasteiger partial charge in [0.1, 0.15) is 16.5 Å². The molecule has 1 aromatic carbocycles. The molecule has 0 spiro atoms. The van der Waals surface area contributed by atoms with E-state index in [0.29, 0.717) is 0 Å². The summed E-state index contributed by atoms with van der Waals surface area (Å²) in [4.78, 5) is 29.3. The van der Waals surface area contributed by atoms with Crippen LogP contribution in [0, 0.1) is 5.82 Å². The molecule has 146 valence electrons. The lowest BCUT2D eigenvalue weighted by Crippen LogP contribution is -2.41. The number of rotatable bonds is 4. The summed E-state index contributed by atoms with van der Waals surface area (Å²) in [5.41, 5.74) is -2.43. The van der Waals surface area contributed by atoms with Crippen molar-refractivity contribution in [3.05, 3.63) is 61.1 Å². The number of hydrogen-bond acceptors (Lipinski definition) is 4. The van der Waals surface area contributed by atoms with Gasteiger partial charge in [-0.15, -0.1) is 0 Å². The van der Waals surface area contributed by atoms with E-state index >= 15 is 0 Å². The van der Waals surface area contributed by atoms with Gasteiger partial charge in [-0.2, -0.15) is 13.2 Å². The van der Waals surface area contributed by atoms with Gasteiger partial charge in [0, 0.05) is 18.7 Å². The number of thiocarbonyl (C=S) groups is 1. The molecular formula is C15H12ClF4N3O3S. The third-order valence-corrected chi connectivity index (χ3v) is 4.06. The van der Waals surface area contributed by atoms with Crippen LogP contribution in [-0.2, 0) is 18.1 Å². The molecule has 0 unspecified atom stereocenters. The molecule has 0 saturated carbocycles. The Kier molecular flexibility index (Phi) is 6.07. The first-order chi connectivity index (χ1) is 12.5. The summed E-state index contributed by atoms with van der Waals surface area (Å²) in [5, 5.41) is -0.148. The summed E-state index contributed by atoms with van der Waals surface area (Å²) in [5.74, 6) is -1.10. The second-order valence-electron chi connectivity index (χ2n) is 5.19. The predicted molar refractivity (Wildman–Crippen MR) is 93.7 cm³/mol. The largest absolute Gasteiger partial charge is 0.431 e. The Morgan fingerprint density at radius 1 is 1.30 bits per heavy atom. The molecule has 0 fully saturated rings. The van der Waals surface area contributed by atoms with Crippen LogP contribution in [0.5, 0.6) is 0 Å². The molecule has 0 amide bonds. The molecule has 0 aliphatic heterocycles. The lowest BCUT2D eigenvalue weighted by molar-refractivity contribution is -0.144. The molecule has 0 aliphatic carbocycles. The third-order valence-electron chi connectivity index (χ3n) is 3.44. The standard InChI is InChI=1S/C15H12ClF4N3O3S/c1-3-26-21-13(27)7-4-10(9(17)5-8(7)16)23-12(24)6-11(15(18,19)20)22(2)14(23)25/h4-6H,3H2,1-2H3,(H,21,27). The van der Waals surface area contributed by atoms with Gasteiger partial charge in [-0.3, -0.25) is 19.7 Å². The fourth-order valence-electron chi connectivity index (χ4n) is 2.20. The Balaban J connectivity index is 2.73. The summed E-state index contributed by atoms with van der Waals surface area (Å²) in [6.45, 7) is 1.91. The topological polar surface area (TPSA) is 65.3 Å². The maximum absolute atomic E-state index is 14.3. The van der Waals surface area contributed by atoms with E-state index in [1.54, 1.807) is 6.92 Å². The molecule has 6 nitrogen and oxygen atoms in total. The van der Waals surface area contributed by atoms with Gasteiger partial charge in [0.05, 0.1) is 17.3 Å². The van der Waals surface area contributed by atoms with Crippen LogP contribution in [-0.4, -0.2) is 20.7 Å². The number of aromatic nitrogens is 2. The molecule has 0 saturated heterocycles. The summed E-state index contributed by atoms with van der Waals surface area (Å²) < 4.78 is 53.6. The second kappa shape index (κ2) is 7.79. The summed E-state index contributed by atoms with van der Waals surface area (Å²) in [6, 6.07) is 1.96. The summed E-state index contributed by atoms with van der Waals surface area (Å²) >= 11 is 10.9. The molecule has 2 aromatic rings. The third kappa shape index (κ3) is 4.20. The zero-order valence-corrected chi connectivity index (χ0v) is 15.4. The molecule has 1 aromatic heterocycles. The van der Waals surface area contributed by atoms with Crippen LogP contribution in [0.3, 0.4) is 0 Å². The van der Waals surface area contributed by atoms with Crippen molar-refractivity contribution < 1.29 is 22.4 Å². The van der Waals surface area contributed by atoms with Crippen molar-refractivity contribution in [2.45, 2.75) is 13.1 Å². The van der Waals surface area contributed by atoms with Crippen molar-refractivity contribution in [1.82, 2.24) is 14.6 Å². The van der Waals surface area contributed by atoms with E-state index in [0.717, 1.165) is 19.2 Å². The van der Waals surface area contributed by atoms with E-state index in [1.165, 1.54) is 0 Å². The molecular weight excluding hydrogens is 414 g/mol.